The van der Waals surface area contributed by atoms with Crippen molar-refractivity contribution in [2.75, 3.05) is 12.4 Å². The molecule has 0 saturated heterocycles. The van der Waals surface area contributed by atoms with E-state index in [1.807, 2.05) is 0 Å². The van der Waals surface area contributed by atoms with Gasteiger partial charge in [-0.05, 0) is 36.4 Å². The molecule has 0 fully saturated rings. The third-order valence-electron chi connectivity index (χ3n) is 2.91. The first-order chi connectivity index (χ1) is 10.4. The first kappa shape index (κ1) is 16.3. The third-order valence-corrected chi connectivity index (χ3v) is 3.71. The quantitative estimate of drug-likeness (QED) is 0.848. The molecular formula is C15H12BrClN2O3. The first-order valence-corrected chi connectivity index (χ1v) is 7.33. The Hall–Kier alpha value is -2.05. The summed E-state index contributed by atoms with van der Waals surface area (Å²) in [4.78, 5) is 23.6. The molecule has 0 spiro atoms. The van der Waals surface area contributed by atoms with Crippen LogP contribution in [0, 0.1) is 0 Å². The average molecular weight is 384 g/mol. The smallest absolute Gasteiger partial charge is 0.259 e. The normalized spacial score (nSPS) is 10.1. The maximum Gasteiger partial charge on any atom is 0.259 e. The highest BCUT2D eigenvalue weighted by molar-refractivity contribution is 9.10. The summed E-state index contributed by atoms with van der Waals surface area (Å²) < 4.78 is 5.93. The number of anilines is 1. The second kappa shape index (κ2) is 6.81. The molecule has 0 bridgehead atoms. The monoisotopic (exact) mass is 382 g/mol. The minimum Gasteiger partial charge on any atom is -0.496 e. The van der Waals surface area contributed by atoms with Crippen LogP contribution in [-0.2, 0) is 0 Å². The zero-order valence-electron chi connectivity index (χ0n) is 11.5. The predicted molar refractivity (Wildman–Crippen MR) is 88.6 cm³/mol. The van der Waals surface area contributed by atoms with Gasteiger partial charge in [-0.25, -0.2) is 0 Å². The average Bonchev–Trinajstić information content (AvgIpc) is 2.49. The lowest BCUT2D eigenvalue weighted by Gasteiger charge is -2.11. The second-order valence-electron chi connectivity index (χ2n) is 4.36. The largest absolute Gasteiger partial charge is 0.496 e. The molecule has 0 aliphatic carbocycles. The fourth-order valence-electron chi connectivity index (χ4n) is 1.82. The molecule has 0 aliphatic heterocycles. The number of halogens is 2. The Bertz CT molecular complexity index is 750. The van der Waals surface area contributed by atoms with E-state index in [-0.39, 0.29) is 11.1 Å². The van der Waals surface area contributed by atoms with Crippen LogP contribution >= 0.6 is 27.5 Å². The number of carbonyl (C=O) groups is 2. The Morgan fingerprint density at radius 1 is 1.23 bits per heavy atom. The molecular weight excluding hydrogens is 372 g/mol. The van der Waals surface area contributed by atoms with Crippen LogP contribution in [-0.4, -0.2) is 18.9 Å². The molecule has 114 valence electrons. The van der Waals surface area contributed by atoms with Crippen LogP contribution in [0.15, 0.2) is 40.9 Å². The fraction of sp³-hybridized carbons (Fsp3) is 0.0667. The molecule has 0 aliphatic rings. The molecule has 3 N–H and O–H groups in total. The van der Waals surface area contributed by atoms with Crippen molar-refractivity contribution in [3.8, 4) is 5.75 Å². The number of hydrogen-bond acceptors (Lipinski definition) is 3. The van der Waals surface area contributed by atoms with Crippen LogP contribution in [0.3, 0.4) is 0 Å². The minimum absolute atomic E-state index is 0.192. The maximum absolute atomic E-state index is 12.4. The van der Waals surface area contributed by atoms with Crippen molar-refractivity contribution in [2.24, 2.45) is 5.73 Å². The van der Waals surface area contributed by atoms with Gasteiger partial charge in [0.05, 0.1) is 23.4 Å². The van der Waals surface area contributed by atoms with Crippen LogP contribution in [0.25, 0.3) is 0 Å². The molecule has 0 unspecified atom stereocenters. The van der Waals surface area contributed by atoms with Gasteiger partial charge in [-0.2, -0.15) is 0 Å². The first-order valence-electron chi connectivity index (χ1n) is 6.16. The second-order valence-corrected chi connectivity index (χ2v) is 5.68. The molecule has 0 saturated carbocycles. The Kier molecular flexibility index (Phi) is 5.05. The Labute approximate surface area is 140 Å². The van der Waals surface area contributed by atoms with E-state index in [2.05, 4.69) is 21.2 Å². The van der Waals surface area contributed by atoms with E-state index >= 15 is 0 Å². The number of nitrogens with two attached hydrogens (primary N) is 1. The highest BCUT2D eigenvalue weighted by atomic mass is 79.9. The van der Waals surface area contributed by atoms with Crippen LogP contribution in [0.2, 0.25) is 5.02 Å². The standard InChI is InChI=1S/C15H12BrClN2O3/c1-22-13-5-2-8(14(18)20)6-10(13)15(21)19-12-4-3-9(16)7-11(12)17/h2-7H,1H3,(H2,18,20)(H,19,21). The van der Waals surface area contributed by atoms with Gasteiger partial charge in [-0.15, -0.1) is 0 Å². The molecule has 0 radical (unpaired) electrons. The lowest BCUT2D eigenvalue weighted by atomic mass is 10.1. The van der Waals surface area contributed by atoms with Crippen molar-refractivity contribution in [3.63, 3.8) is 0 Å². The summed E-state index contributed by atoms with van der Waals surface area (Å²) in [5.74, 6) is -0.752. The van der Waals surface area contributed by atoms with Gasteiger partial charge in [0.2, 0.25) is 5.91 Å². The van der Waals surface area contributed by atoms with E-state index < -0.39 is 11.8 Å². The molecule has 2 aromatic carbocycles. The lowest BCUT2D eigenvalue weighted by molar-refractivity contribution is 0.1000. The van der Waals surface area contributed by atoms with Crippen LogP contribution < -0.4 is 15.8 Å². The van der Waals surface area contributed by atoms with Gasteiger partial charge in [0.25, 0.3) is 5.91 Å². The number of carbonyl (C=O) groups excluding carboxylic acids is 2. The van der Waals surface area contributed by atoms with Crippen molar-refractivity contribution in [2.45, 2.75) is 0 Å². The third kappa shape index (κ3) is 3.58. The number of rotatable bonds is 4. The topological polar surface area (TPSA) is 81.4 Å². The number of benzene rings is 2. The van der Waals surface area contributed by atoms with Crippen LogP contribution in [0.1, 0.15) is 20.7 Å². The van der Waals surface area contributed by atoms with Crippen molar-refractivity contribution >= 4 is 45.0 Å². The van der Waals surface area contributed by atoms with E-state index in [1.54, 1.807) is 18.2 Å². The van der Waals surface area contributed by atoms with Gasteiger partial charge < -0.3 is 15.8 Å². The number of amides is 2. The van der Waals surface area contributed by atoms with Gasteiger partial charge in [0.1, 0.15) is 5.75 Å². The minimum atomic E-state index is -0.627. The predicted octanol–water partition coefficient (Wildman–Crippen LogP) is 3.46. The summed E-state index contributed by atoms with van der Waals surface area (Å²) in [6.07, 6.45) is 0. The Morgan fingerprint density at radius 3 is 2.55 bits per heavy atom. The zero-order chi connectivity index (χ0) is 16.3. The summed E-state index contributed by atoms with van der Waals surface area (Å²) in [6, 6.07) is 9.45. The molecule has 7 heteroatoms. The zero-order valence-corrected chi connectivity index (χ0v) is 13.9. The van der Waals surface area contributed by atoms with E-state index in [0.717, 1.165) is 4.47 Å². The van der Waals surface area contributed by atoms with Gasteiger partial charge in [0, 0.05) is 10.0 Å². The van der Waals surface area contributed by atoms with E-state index in [0.29, 0.717) is 16.5 Å². The summed E-state index contributed by atoms with van der Waals surface area (Å²) in [5.41, 5.74) is 6.08. The summed E-state index contributed by atoms with van der Waals surface area (Å²) in [6.45, 7) is 0. The van der Waals surface area contributed by atoms with E-state index in [1.165, 1.54) is 25.3 Å². The van der Waals surface area contributed by atoms with E-state index in [9.17, 15) is 9.59 Å². The van der Waals surface area contributed by atoms with E-state index in [4.69, 9.17) is 22.1 Å². The SMILES string of the molecule is COc1ccc(C(N)=O)cc1C(=O)Nc1ccc(Br)cc1Cl. The number of methoxy groups -OCH3 is 1. The maximum atomic E-state index is 12.4. The van der Waals surface area contributed by atoms with Crippen molar-refractivity contribution < 1.29 is 14.3 Å². The Balaban J connectivity index is 2.35. The fourth-order valence-corrected chi connectivity index (χ4v) is 2.54. The van der Waals surface area contributed by atoms with Crippen LogP contribution in [0.4, 0.5) is 5.69 Å². The molecule has 0 aromatic heterocycles. The molecule has 22 heavy (non-hydrogen) atoms. The molecule has 2 amide bonds. The summed E-state index contributed by atoms with van der Waals surface area (Å²) >= 11 is 9.35. The highest BCUT2D eigenvalue weighted by Crippen LogP contribution is 2.27. The van der Waals surface area contributed by atoms with Crippen molar-refractivity contribution in [3.05, 3.63) is 57.0 Å². The molecule has 2 aromatic rings. The van der Waals surface area contributed by atoms with Gasteiger partial charge in [-0.3, -0.25) is 9.59 Å². The van der Waals surface area contributed by atoms with Crippen LogP contribution in [0.5, 0.6) is 5.75 Å². The lowest BCUT2D eigenvalue weighted by Crippen LogP contribution is -2.16. The number of hydrogen-bond donors (Lipinski definition) is 2. The number of nitrogens with one attached hydrogen (secondary N) is 1. The number of ether oxygens (including phenoxy) is 1. The number of primary amides is 1. The Morgan fingerprint density at radius 2 is 1.95 bits per heavy atom. The molecule has 0 heterocycles. The van der Waals surface area contributed by atoms with Gasteiger partial charge in [-0.1, -0.05) is 27.5 Å². The molecule has 5 nitrogen and oxygen atoms in total. The summed E-state index contributed by atoms with van der Waals surface area (Å²) in [7, 11) is 1.43. The molecule has 2 rings (SSSR count). The summed E-state index contributed by atoms with van der Waals surface area (Å²) in [5, 5.41) is 3.05. The van der Waals surface area contributed by atoms with Gasteiger partial charge >= 0.3 is 0 Å². The highest BCUT2D eigenvalue weighted by Gasteiger charge is 2.16. The molecule has 0 atom stereocenters. The van der Waals surface area contributed by atoms with Crippen molar-refractivity contribution in [1.82, 2.24) is 0 Å². The van der Waals surface area contributed by atoms with Crippen molar-refractivity contribution in [1.29, 1.82) is 0 Å². The van der Waals surface area contributed by atoms with Gasteiger partial charge in [0.15, 0.2) is 0 Å².